The van der Waals surface area contributed by atoms with Crippen molar-refractivity contribution in [1.82, 2.24) is 4.98 Å². The van der Waals surface area contributed by atoms with Crippen LogP contribution >= 0.6 is 11.6 Å². The van der Waals surface area contributed by atoms with Gasteiger partial charge in [0.15, 0.2) is 0 Å². The Morgan fingerprint density at radius 3 is 2.88 bits per heavy atom. The number of hydrogen-bond donors (Lipinski definition) is 2. The summed E-state index contributed by atoms with van der Waals surface area (Å²) in [6.07, 6.45) is -0.459. The lowest BCUT2D eigenvalue weighted by molar-refractivity contribution is 0.0148. The largest absolute Gasteiger partial charge is 0.390 e. The molecule has 0 aliphatic rings. The van der Waals surface area contributed by atoms with Crippen LogP contribution in [0, 0.1) is 6.92 Å². The van der Waals surface area contributed by atoms with Gasteiger partial charge in [-0.05, 0) is 30.5 Å². The van der Waals surface area contributed by atoms with Crippen LogP contribution in [0.4, 0.5) is 0 Å². The molecule has 92 valence electrons. The van der Waals surface area contributed by atoms with E-state index in [0.717, 1.165) is 5.56 Å². The van der Waals surface area contributed by atoms with Gasteiger partial charge in [-0.25, -0.2) is 4.98 Å². The van der Waals surface area contributed by atoms with Crippen molar-refractivity contribution in [3.8, 4) is 0 Å². The van der Waals surface area contributed by atoms with Crippen LogP contribution in [0.2, 0.25) is 5.15 Å². The van der Waals surface area contributed by atoms with Gasteiger partial charge < -0.3 is 10.2 Å². The van der Waals surface area contributed by atoms with Gasteiger partial charge in [-0.15, -0.1) is 0 Å². The molecule has 0 saturated heterocycles. The second-order valence-corrected chi connectivity index (χ2v) is 3.99. The average Bonchev–Trinajstić information content (AvgIpc) is 2.32. The van der Waals surface area contributed by atoms with Crippen LogP contribution in [0.5, 0.6) is 0 Å². The Labute approximate surface area is 104 Å². The number of nitrogens with zero attached hydrogens (tertiary/aromatic N) is 4. The highest BCUT2D eigenvalue weighted by atomic mass is 35.5. The Bertz CT molecular complexity index is 434. The zero-order chi connectivity index (χ0) is 12.8. The molecule has 0 aliphatic heterocycles. The lowest BCUT2D eigenvalue weighted by Gasteiger charge is -2.17. The van der Waals surface area contributed by atoms with E-state index in [9.17, 15) is 10.2 Å². The first-order valence-electron chi connectivity index (χ1n) is 5.05. The van der Waals surface area contributed by atoms with Gasteiger partial charge in [0.25, 0.3) is 0 Å². The molecule has 0 bridgehead atoms. The van der Waals surface area contributed by atoms with Crippen LogP contribution < -0.4 is 0 Å². The average molecular weight is 257 g/mol. The van der Waals surface area contributed by atoms with E-state index in [4.69, 9.17) is 17.1 Å². The zero-order valence-electron chi connectivity index (χ0n) is 9.28. The number of aliphatic hydroxyl groups is 2. The molecule has 0 radical (unpaired) electrons. The van der Waals surface area contributed by atoms with Gasteiger partial charge in [-0.2, -0.15) is 0 Å². The smallest absolute Gasteiger partial charge is 0.131 e. The number of rotatable bonds is 5. The van der Waals surface area contributed by atoms with Crippen LogP contribution in [0.3, 0.4) is 0 Å². The minimum Gasteiger partial charge on any atom is -0.390 e. The van der Waals surface area contributed by atoms with E-state index < -0.39 is 12.2 Å². The standard InChI is InChI=1S/C10H13ClN4O2/c1-6-4-7(5-13-10(6)11)9(17)8(16)2-3-14-15-12/h4-5,8-9,16-17H,2-3H2,1H3. The third-order valence-corrected chi connectivity index (χ3v) is 2.73. The van der Waals surface area contributed by atoms with Gasteiger partial charge in [-0.1, -0.05) is 16.7 Å². The van der Waals surface area contributed by atoms with E-state index in [-0.39, 0.29) is 13.0 Å². The topological polar surface area (TPSA) is 102 Å². The SMILES string of the molecule is Cc1cc(C(O)C(O)CCN=[N+]=[N-])cnc1Cl. The molecule has 0 spiro atoms. The van der Waals surface area contributed by atoms with Crippen LogP contribution in [-0.2, 0) is 0 Å². The summed E-state index contributed by atoms with van der Waals surface area (Å²) in [6.45, 7) is 1.90. The van der Waals surface area contributed by atoms with Gasteiger partial charge in [0, 0.05) is 23.2 Å². The number of hydrogen-bond acceptors (Lipinski definition) is 4. The molecule has 2 atom stereocenters. The van der Waals surface area contributed by atoms with Crippen LogP contribution in [0.15, 0.2) is 17.4 Å². The highest BCUT2D eigenvalue weighted by Gasteiger charge is 2.18. The van der Waals surface area contributed by atoms with Crippen molar-refractivity contribution in [2.24, 2.45) is 5.11 Å². The van der Waals surface area contributed by atoms with Gasteiger partial charge in [0.2, 0.25) is 0 Å². The Hall–Kier alpha value is -1.33. The molecule has 1 heterocycles. The van der Waals surface area contributed by atoms with Gasteiger partial charge in [0.1, 0.15) is 11.3 Å². The molecule has 1 rings (SSSR count). The molecule has 2 N–H and O–H groups in total. The molecule has 17 heavy (non-hydrogen) atoms. The predicted octanol–water partition coefficient (Wildman–Crippen LogP) is 2.14. The Kier molecular flexibility index (Phi) is 5.18. The molecule has 7 heteroatoms. The zero-order valence-corrected chi connectivity index (χ0v) is 10.0. The number of pyridine rings is 1. The van der Waals surface area contributed by atoms with E-state index in [1.807, 2.05) is 0 Å². The van der Waals surface area contributed by atoms with E-state index in [2.05, 4.69) is 15.0 Å². The second-order valence-electron chi connectivity index (χ2n) is 3.63. The normalized spacial score (nSPS) is 13.9. The maximum Gasteiger partial charge on any atom is 0.131 e. The number of aryl methyl sites for hydroxylation is 1. The highest BCUT2D eigenvalue weighted by molar-refractivity contribution is 6.30. The quantitative estimate of drug-likeness (QED) is 0.365. The number of azide groups is 1. The first-order chi connectivity index (χ1) is 8.06. The minimum absolute atomic E-state index is 0.134. The predicted molar refractivity (Wildman–Crippen MR) is 63.6 cm³/mol. The molecule has 1 aromatic rings. The van der Waals surface area contributed by atoms with Crippen molar-refractivity contribution in [2.45, 2.75) is 25.6 Å². The van der Waals surface area contributed by atoms with Crippen molar-refractivity contribution in [2.75, 3.05) is 6.54 Å². The van der Waals surface area contributed by atoms with Crippen LogP contribution in [0.1, 0.15) is 23.7 Å². The lowest BCUT2D eigenvalue weighted by Crippen LogP contribution is -2.19. The molecule has 0 aliphatic carbocycles. The van der Waals surface area contributed by atoms with Crippen molar-refractivity contribution in [3.05, 3.63) is 39.0 Å². The summed E-state index contributed by atoms with van der Waals surface area (Å²) in [5.74, 6) is 0. The lowest BCUT2D eigenvalue weighted by atomic mass is 10.0. The Morgan fingerprint density at radius 2 is 2.29 bits per heavy atom. The van der Waals surface area contributed by atoms with Gasteiger partial charge in [0.05, 0.1) is 6.10 Å². The molecule has 0 amide bonds. The fourth-order valence-electron chi connectivity index (χ4n) is 1.36. The fraction of sp³-hybridized carbons (Fsp3) is 0.500. The molecule has 0 fully saturated rings. The summed E-state index contributed by atoms with van der Waals surface area (Å²) < 4.78 is 0. The van der Waals surface area contributed by atoms with Crippen LogP contribution in [-0.4, -0.2) is 27.8 Å². The molecule has 0 aromatic carbocycles. The highest BCUT2D eigenvalue weighted by Crippen LogP contribution is 2.22. The van der Waals surface area contributed by atoms with Crippen molar-refractivity contribution < 1.29 is 10.2 Å². The van der Waals surface area contributed by atoms with Crippen molar-refractivity contribution >= 4 is 11.6 Å². The van der Waals surface area contributed by atoms with E-state index in [1.54, 1.807) is 13.0 Å². The summed E-state index contributed by atoms with van der Waals surface area (Å²) in [5, 5.41) is 23.2. The molecule has 6 nitrogen and oxygen atoms in total. The third-order valence-electron chi connectivity index (χ3n) is 2.33. The van der Waals surface area contributed by atoms with Gasteiger partial charge in [-0.3, -0.25) is 0 Å². The summed E-state index contributed by atoms with van der Waals surface area (Å²) in [7, 11) is 0. The fourth-order valence-corrected chi connectivity index (χ4v) is 1.46. The monoisotopic (exact) mass is 256 g/mol. The third kappa shape index (κ3) is 3.87. The Balaban J connectivity index is 2.70. The molecule has 1 aromatic heterocycles. The number of aliphatic hydroxyl groups excluding tert-OH is 2. The summed E-state index contributed by atoms with van der Waals surface area (Å²) in [5.41, 5.74) is 9.30. The number of halogens is 1. The molecular formula is C10H13ClN4O2. The van der Waals surface area contributed by atoms with E-state index in [1.165, 1.54) is 6.20 Å². The van der Waals surface area contributed by atoms with E-state index >= 15 is 0 Å². The summed E-state index contributed by atoms with van der Waals surface area (Å²) in [4.78, 5) is 6.46. The maximum absolute atomic E-state index is 9.84. The number of aromatic nitrogens is 1. The summed E-state index contributed by atoms with van der Waals surface area (Å²) in [6, 6.07) is 1.66. The minimum atomic E-state index is -1.06. The van der Waals surface area contributed by atoms with E-state index in [0.29, 0.717) is 10.7 Å². The molecular weight excluding hydrogens is 244 g/mol. The van der Waals surface area contributed by atoms with Crippen molar-refractivity contribution in [1.29, 1.82) is 0 Å². The van der Waals surface area contributed by atoms with Crippen molar-refractivity contribution in [3.63, 3.8) is 0 Å². The summed E-state index contributed by atoms with van der Waals surface area (Å²) >= 11 is 5.76. The Morgan fingerprint density at radius 1 is 1.59 bits per heavy atom. The maximum atomic E-state index is 9.84. The molecule has 2 unspecified atom stereocenters. The second kappa shape index (κ2) is 6.42. The molecule has 0 saturated carbocycles. The van der Waals surface area contributed by atoms with Crippen LogP contribution in [0.25, 0.3) is 10.4 Å². The van der Waals surface area contributed by atoms with Gasteiger partial charge >= 0.3 is 0 Å². The first-order valence-corrected chi connectivity index (χ1v) is 5.43. The first kappa shape index (κ1) is 13.7.